The first-order valence-corrected chi connectivity index (χ1v) is 10.8. The van der Waals surface area contributed by atoms with Gasteiger partial charge in [0.2, 0.25) is 0 Å². The fraction of sp³-hybridized carbons (Fsp3) is 0.609. The maximum absolute atomic E-state index is 12.6. The molecule has 1 fully saturated rings. The summed E-state index contributed by atoms with van der Waals surface area (Å²) in [5.74, 6) is -1.07. The Kier molecular flexibility index (Phi) is 9.46. The smallest absolute Gasteiger partial charge is 0.407 e. The molecule has 1 amide bonds. The van der Waals surface area contributed by atoms with Crippen molar-refractivity contribution in [1.29, 1.82) is 0 Å². The molecular weight excluding hydrogens is 416 g/mol. The second-order valence-corrected chi connectivity index (χ2v) is 8.84. The zero-order valence-electron chi connectivity index (χ0n) is 19.3. The number of benzene rings is 1. The van der Waals surface area contributed by atoms with Gasteiger partial charge >= 0.3 is 18.0 Å². The van der Waals surface area contributed by atoms with Crippen LogP contribution in [0.5, 0.6) is 0 Å². The first kappa shape index (κ1) is 25.6. The highest BCUT2D eigenvalue weighted by atomic mass is 16.6. The van der Waals surface area contributed by atoms with E-state index >= 15 is 0 Å². The van der Waals surface area contributed by atoms with Gasteiger partial charge in [-0.25, -0.2) is 4.79 Å². The van der Waals surface area contributed by atoms with Crippen LogP contribution in [0.4, 0.5) is 4.79 Å². The minimum atomic E-state index is -0.928. The highest BCUT2D eigenvalue weighted by Crippen LogP contribution is 2.19. The monoisotopic (exact) mass is 450 g/mol. The maximum atomic E-state index is 12.6. The number of carbonyl (C=O) groups excluding carboxylic acids is 3. The molecule has 0 radical (unpaired) electrons. The molecule has 2 N–H and O–H groups in total. The zero-order chi connectivity index (χ0) is 23.6. The highest BCUT2D eigenvalue weighted by molar-refractivity contribution is 5.83. The molecule has 1 aromatic carbocycles. The van der Waals surface area contributed by atoms with E-state index in [1.165, 1.54) is 0 Å². The van der Waals surface area contributed by atoms with E-state index in [1.807, 2.05) is 37.3 Å². The molecule has 0 aliphatic carbocycles. The van der Waals surface area contributed by atoms with Crippen LogP contribution in [0.15, 0.2) is 30.3 Å². The predicted octanol–water partition coefficient (Wildman–Crippen LogP) is 2.33. The largest absolute Gasteiger partial charge is 0.465 e. The van der Waals surface area contributed by atoms with Gasteiger partial charge in [-0.3, -0.25) is 14.9 Å². The number of alkyl carbamates (subject to hydrolysis) is 1. The van der Waals surface area contributed by atoms with Gasteiger partial charge in [0.15, 0.2) is 0 Å². The molecule has 1 aliphatic rings. The van der Waals surface area contributed by atoms with E-state index < -0.39 is 35.2 Å². The molecule has 178 valence electrons. The van der Waals surface area contributed by atoms with Gasteiger partial charge in [-0.2, -0.15) is 0 Å². The SMILES string of the molecule is CCCOC(=O)C(CC(=O)OC(C)(C)C)NC1(CNC(=O)OCc2ccccc2)COC1. The number of hydrogen-bond acceptors (Lipinski definition) is 8. The van der Waals surface area contributed by atoms with E-state index in [1.54, 1.807) is 20.8 Å². The van der Waals surface area contributed by atoms with Crippen LogP contribution in [-0.2, 0) is 35.1 Å². The summed E-state index contributed by atoms with van der Waals surface area (Å²) in [4.78, 5) is 37.0. The van der Waals surface area contributed by atoms with Crippen LogP contribution in [0, 0.1) is 0 Å². The van der Waals surface area contributed by atoms with Crippen molar-refractivity contribution in [2.45, 2.75) is 64.3 Å². The van der Waals surface area contributed by atoms with Gasteiger partial charge in [0.1, 0.15) is 18.2 Å². The molecule has 1 unspecified atom stereocenters. The third kappa shape index (κ3) is 8.84. The predicted molar refractivity (Wildman–Crippen MR) is 117 cm³/mol. The average Bonchev–Trinajstić information content (AvgIpc) is 2.70. The number of nitrogens with one attached hydrogen (secondary N) is 2. The lowest BCUT2D eigenvalue weighted by Gasteiger charge is -2.44. The van der Waals surface area contributed by atoms with Crippen LogP contribution in [0.25, 0.3) is 0 Å². The van der Waals surface area contributed by atoms with Crippen LogP contribution in [0.1, 0.15) is 46.1 Å². The third-order valence-electron chi connectivity index (χ3n) is 4.54. The van der Waals surface area contributed by atoms with E-state index in [9.17, 15) is 14.4 Å². The van der Waals surface area contributed by atoms with Gasteiger partial charge in [-0.1, -0.05) is 37.3 Å². The molecule has 1 saturated heterocycles. The van der Waals surface area contributed by atoms with Crippen molar-refractivity contribution in [3.8, 4) is 0 Å². The standard InChI is InChI=1S/C23H34N2O7/c1-5-11-30-20(27)18(12-19(26)32-22(2,3)4)25-23(15-29-16-23)14-24-21(28)31-13-17-9-7-6-8-10-17/h6-10,18,25H,5,11-16H2,1-4H3,(H,24,28). The van der Waals surface area contributed by atoms with Crippen LogP contribution in [0.2, 0.25) is 0 Å². The second kappa shape index (κ2) is 11.8. The van der Waals surface area contributed by atoms with E-state index in [0.29, 0.717) is 6.42 Å². The van der Waals surface area contributed by atoms with Crippen LogP contribution in [-0.4, -0.2) is 61.6 Å². The van der Waals surface area contributed by atoms with Crippen molar-refractivity contribution >= 4 is 18.0 Å². The minimum absolute atomic E-state index is 0.147. The van der Waals surface area contributed by atoms with E-state index in [0.717, 1.165) is 5.56 Å². The summed E-state index contributed by atoms with van der Waals surface area (Å²) in [6.07, 6.45) is -0.118. The van der Waals surface area contributed by atoms with Crippen molar-refractivity contribution in [3.05, 3.63) is 35.9 Å². The van der Waals surface area contributed by atoms with E-state index in [-0.39, 0.29) is 39.4 Å². The van der Waals surface area contributed by atoms with Gasteiger partial charge in [-0.15, -0.1) is 0 Å². The molecule has 32 heavy (non-hydrogen) atoms. The Labute approximate surface area is 189 Å². The fourth-order valence-corrected chi connectivity index (χ4v) is 3.02. The number of esters is 2. The number of carbonyl (C=O) groups is 3. The summed E-state index contributed by atoms with van der Waals surface area (Å²) in [5, 5.41) is 5.85. The van der Waals surface area contributed by atoms with Crippen molar-refractivity contribution in [2.75, 3.05) is 26.4 Å². The maximum Gasteiger partial charge on any atom is 0.407 e. The molecule has 0 saturated carbocycles. The van der Waals surface area contributed by atoms with Crippen molar-refractivity contribution in [2.24, 2.45) is 0 Å². The Morgan fingerprint density at radius 3 is 2.38 bits per heavy atom. The topological polar surface area (TPSA) is 112 Å². The van der Waals surface area contributed by atoms with Crippen molar-refractivity contribution in [3.63, 3.8) is 0 Å². The summed E-state index contributed by atoms with van der Waals surface area (Å²) in [7, 11) is 0. The Morgan fingerprint density at radius 2 is 1.81 bits per heavy atom. The van der Waals surface area contributed by atoms with Crippen LogP contribution in [0.3, 0.4) is 0 Å². The molecule has 1 atom stereocenters. The fourth-order valence-electron chi connectivity index (χ4n) is 3.02. The number of amides is 1. The van der Waals surface area contributed by atoms with Gasteiger partial charge in [0, 0.05) is 6.54 Å². The van der Waals surface area contributed by atoms with Gasteiger partial charge in [0.05, 0.1) is 31.8 Å². The number of rotatable bonds is 11. The van der Waals surface area contributed by atoms with Crippen molar-refractivity contribution in [1.82, 2.24) is 10.6 Å². The van der Waals surface area contributed by atoms with E-state index in [2.05, 4.69) is 10.6 Å². The quantitative estimate of drug-likeness (QED) is 0.390. The lowest BCUT2D eigenvalue weighted by Crippen LogP contribution is -2.69. The van der Waals surface area contributed by atoms with E-state index in [4.69, 9.17) is 18.9 Å². The molecule has 0 bridgehead atoms. The van der Waals surface area contributed by atoms with Gasteiger partial charge in [-0.05, 0) is 32.8 Å². The Morgan fingerprint density at radius 1 is 1.12 bits per heavy atom. The van der Waals surface area contributed by atoms with Gasteiger partial charge < -0.3 is 24.3 Å². The normalized spacial score (nSPS) is 15.8. The summed E-state index contributed by atoms with van der Waals surface area (Å²) in [5.41, 5.74) is -0.515. The molecule has 1 aromatic rings. The van der Waals surface area contributed by atoms with Crippen LogP contribution < -0.4 is 10.6 Å². The lowest BCUT2D eigenvalue weighted by atomic mass is 9.95. The summed E-state index contributed by atoms with van der Waals surface area (Å²) >= 11 is 0. The highest BCUT2D eigenvalue weighted by Gasteiger charge is 2.43. The Balaban J connectivity index is 1.94. The number of hydrogen-bond donors (Lipinski definition) is 2. The Bertz CT molecular complexity index is 757. The van der Waals surface area contributed by atoms with Crippen molar-refractivity contribution < 1.29 is 33.3 Å². The minimum Gasteiger partial charge on any atom is -0.465 e. The molecule has 2 rings (SSSR count). The molecule has 9 nitrogen and oxygen atoms in total. The average molecular weight is 451 g/mol. The zero-order valence-corrected chi connectivity index (χ0v) is 19.3. The van der Waals surface area contributed by atoms with Gasteiger partial charge in [0.25, 0.3) is 0 Å². The molecular formula is C23H34N2O7. The molecule has 9 heteroatoms. The second-order valence-electron chi connectivity index (χ2n) is 8.84. The molecule has 1 heterocycles. The Hall–Kier alpha value is -2.65. The first-order valence-electron chi connectivity index (χ1n) is 10.8. The number of ether oxygens (including phenoxy) is 4. The molecule has 0 spiro atoms. The van der Waals surface area contributed by atoms with Crippen LogP contribution >= 0.6 is 0 Å². The third-order valence-corrected chi connectivity index (χ3v) is 4.54. The summed E-state index contributed by atoms with van der Waals surface area (Å²) in [6.45, 7) is 8.24. The molecule has 1 aliphatic heterocycles. The summed E-state index contributed by atoms with van der Waals surface area (Å²) < 4.78 is 21.2. The lowest BCUT2D eigenvalue weighted by molar-refractivity contribution is -0.162. The first-order chi connectivity index (χ1) is 15.1. The summed E-state index contributed by atoms with van der Waals surface area (Å²) in [6, 6.07) is 8.41. The molecule has 0 aromatic heterocycles.